The highest BCUT2D eigenvalue weighted by atomic mass is 35.5. The highest BCUT2D eigenvalue weighted by Crippen LogP contribution is 2.21. The van der Waals surface area contributed by atoms with Crippen molar-refractivity contribution in [1.82, 2.24) is 10.2 Å². The zero-order valence-corrected chi connectivity index (χ0v) is 13.8. The molecule has 0 radical (unpaired) electrons. The molecule has 0 bridgehead atoms. The largest absolute Gasteiger partial charge is 0.316 e. The summed E-state index contributed by atoms with van der Waals surface area (Å²) in [7, 11) is 0. The smallest absolute Gasteiger partial charge is 0.141 e. The first kappa shape index (κ1) is 16.7. The van der Waals surface area contributed by atoms with Crippen molar-refractivity contribution in [3.63, 3.8) is 0 Å². The molecule has 0 saturated carbocycles. The maximum atomic E-state index is 13.2. The molecule has 0 aliphatic carbocycles. The summed E-state index contributed by atoms with van der Waals surface area (Å²) in [6.07, 6.45) is 2.47. The van der Waals surface area contributed by atoms with Gasteiger partial charge in [-0.15, -0.1) is 0 Å². The Bertz CT molecular complexity index is 442. The number of benzene rings is 1. The molecule has 1 aliphatic rings. The van der Waals surface area contributed by atoms with E-state index in [0.717, 1.165) is 44.2 Å². The van der Waals surface area contributed by atoms with E-state index in [0.29, 0.717) is 5.92 Å². The summed E-state index contributed by atoms with van der Waals surface area (Å²) >= 11 is 5.84. The van der Waals surface area contributed by atoms with Crippen LogP contribution in [-0.2, 0) is 6.54 Å². The number of nitrogens with zero attached hydrogens (tertiary/aromatic N) is 1. The minimum Gasteiger partial charge on any atom is -0.316 e. The second-order valence-corrected chi connectivity index (χ2v) is 6.93. The van der Waals surface area contributed by atoms with Gasteiger partial charge in [0.05, 0.1) is 5.02 Å². The molecule has 1 fully saturated rings. The minimum atomic E-state index is -0.338. The Balaban J connectivity index is 1.72. The number of nitrogens with one attached hydrogen (secondary N) is 1. The Labute approximate surface area is 132 Å². The molecule has 0 amide bonds. The van der Waals surface area contributed by atoms with Crippen LogP contribution in [0.5, 0.6) is 0 Å². The van der Waals surface area contributed by atoms with Gasteiger partial charge < -0.3 is 5.32 Å². The zero-order valence-electron chi connectivity index (χ0n) is 13.0. The van der Waals surface area contributed by atoms with E-state index in [1.54, 1.807) is 6.07 Å². The molecule has 1 heterocycles. The second kappa shape index (κ2) is 8.11. The molecule has 118 valence electrons. The van der Waals surface area contributed by atoms with E-state index in [-0.39, 0.29) is 10.8 Å². The molecule has 4 heteroatoms. The molecule has 2 rings (SSSR count). The maximum absolute atomic E-state index is 13.2. The van der Waals surface area contributed by atoms with Crippen molar-refractivity contribution in [2.45, 2.75) is 33.2 Å². The Hall–Kier alpha value is -0.640. The molecular formula is C17H26ClFN2. The summed E-state index contributed by atoms with van der Waals surface area (Å²) < 4.78 is 13.2. The molecule has 1 aliphatic heterocycles. The van der Waals surface area contributed by atoms with Gasteiger partial charge >= 0.3 is 0 Å². The lowest BCUT2D eigenvalue weighted by Crippen LogP contribution is -2.37. The average Bonchev–Trinajstić information content (AvgIpc) is 2.44. The summed E-state index contributed by atoms with van der Waals surface area (Å²) in [5, 5.41) is 3.78. The van der Waals surface area contributed by atoms with Crippen molar-refractivity contribution in [3.8, 4) is 0 Å². The normalized spacial score (nSPS) is 17.6. The fraction of sp³-hybridized carbons (Fsp3) is 0.647. The van der Waals surface area contributed by atoms with Crippen LogP contribution in [0.25, 0.3) is 0 Å². The van der Waals surface area contributed by atoms with Crippen LogP contribution in [0.15, 0.2) is 18.2 Å². The van der Waals surface area contributed by atoms with E-state index in [1.165, 1.54) is 18.9 Å². The Morgan fingerprint density at radius 3 is 2.67 bits per heavy atom. The molecule has 2 nitrogen and oxygen atoms in total. The van der Waals surface area contributed by atoms with Crippen LogP contribution in [-0.4, -0.2) is 31.1 Å². The predicted octanol–water partition coefficient (Wildman–Crippen LogP) is 3.94. The van der Waals surface area contributed by atoms with Gasteiger partial charge in [-0.25, -0.2) is 4.39 Å². The van der Waals surface area contributed by atoms with Crippen molar-refractivity contribution in [2.24, 2.45) is 11.8 Å². The summed E-state index contributed by atoms with van der Waals surface area (Å²) in [6.45, 7) is 9.81. The Morgan fingerprint density at radius 2 is 2.05 bits per heavy atom. The van der Waals surface area contributed by atoms with Crippen LogP contribution in [0.2, 0.25) is 5.02 Å². The monoisotopic (exact) mass is 312 g/mol. The van der Waals surface area contributed by atoms with Gasteiger partial charge in [0, 0.05) is 6.54 Å². The summed E-state index contributed by atoms with van der Waals surface area (Å²) in [4.78, 5) is 2.43. The van der Waals surface area contributed by atoms with Crippen molar-refractivity contribution in [2.75, 3.05) is 26.2 Å². The number of hydrogen-bond acceptors (Lipinski definition) is 2. The van der Waals surface area contributed by atoms with Gasteiger partial charge in [0.15, 0.2) is 0 Å². The molecule has 0 unspecified atom stereocenters. The van der Waals surface area contributed by atoms with Gasteiger partial charge in [0.1, 0.15) is 5.82 Å². The molecule has 0 spiro atoms. The van der Waals surface area contributed by atoms with E-state index in [4.69, 9.17) is 11.6 Å². The van der Waals surface area contributed by atoms with E-state index in [2.05, 4.69) is 24.1 Å². The number of halogens is 2. The van der Waals surface area contributed by atoms with Gasteiger partial charge in [-0.1, -0.05) is 31.5 Å². The molecule has 1 aromatic rings. The lowest BCUT2D eigenvalue weighted by Gasteiger charge is -2.32. The third-order valence-electron chi connectivity index (χ3n) is 4.08. The van der Waals surface area contributed by atoms with Crippen molar-refractivity contribution in [1.29, 1.82) is 0 Å². The van der Waals surface area contributed by atoms with Crippen LogP contribution in [0.1, 0.15) is 32.3 Å². The molecular weight excluding hydrogens is 287 g/mol. The Morgan fingerprint density at radius 1 is 1.33 bits per heavy atom. The van der Waals surface area contributed by atoms with E-state index < -0.39 is 0 Å². The van der Waals surface area contributed by atoms with Crippen LogP contribution >= 0.6 is 11.6 Å². The van der Waals surface area contributed by atoms with Gasteiger partial charge in [0.25, 0.3) is 0 Å². The lowest BCUT2D eigenvalue weighted by molar-refractivity contribution is 0.175. The molecule has 0 atom stereocenters. The standard InChI is InChI=1S/C17H26ClFN2/c1-13(2)10-20-11-14-5-7-21(8-6-14)12-15-3-4-17(19)16(18)9-15/h3-4,9,13-14,20H,5-8,10-12H2,1-2H3. The summed E-state index contributed by atoms with van der Waals surface area (Å²) in [6, 6.07) is 5.03. The lowest BCUT2D eigenvalue weighted by atomic mass is 9.96. The molecule has 1 aromatic carbocycles. The van der Waals surface area contributed by atoms with Crippen LogP contribution in [0, 0.1) is 17.7 Å². The first-order chi connectivity index (χ1) is 10.0. The van der Waals surface area contributed by atoms with Crippen LogP contribution < -0.4 is 5.32 Å². The SMILES string of the molecule is CC(C)CNCC1CCN(Cc2ccc(F)c(Cl)c2)CC1. The predicted molar refractivity (Wildman–Crippen MR) is 87.1 cm³/mol. The van der Waals surface area contributed by atoms with Crippen molar-refractivity contribution < 1.29 is 4.39 Å². The van der Waals surface area contributed by atoms with Crippen molar-refractivity contribution >= 4 is 11.6 Å². The summed E-state index contributed by atoms with van der Waals surface area (Å²) in [5.41, 5.74) is 1.10. The van der Waals surface area contributed by atoms with E-state index >= 15 is 0 Å². The molecule has 21 heavy (non-hydrogen) atoms. The Kier molecular flexibility index (Phi) is 6.46. The molecule has 1 N–H and O–H groups in total. The third-order valence-corrected chi connectivity index (χ3v) is 4.37. The van der Waals surface area contributed by atoms with Gasteiger partial charge in [0.2, 0.25) is 0 Å². The molecule has 0 aromatic heterocycles. The second-order valence-electron chi connectivity index (χ2n) is 6.52. The van der Waals surface area contributed by atoms with Crippen molar-refractivity contribution in [3.05, 3.63) is 34.6 Å². The number of likely N-dealkylation sites (tertiary alicyclic amines) is 1. The van der Waals surface area contributed by atoms with Gasteiger partial charge in [-0.2, -0.15) is 0 Å². The summed E-state index contributed by atoms with van der Waals surface area (Å²) in [5.74, 6) is 1.17. The fourth-order valence-corrected chi connectivity index (χ4v) is 3.02. The van der Waals surface area contributed by atoms with Crippen LogP contribution in [0.4, 0.5) is 4.39 Å². The number of piperidine rings is 1. The minimum absolute atomic E-state index is 0.222. The fourth-order valence-electron chi connectivity index (χ4n) is 2.82. The van der Waals surface area contributed by atoms with Gasteiger partial charge in [-0.3, -0.25) is 4.90 Å². The topological polar surface area (TPSA) is 15.3 Å². The number of rotatable bonds is 6. The van der Waals surface area contributed by atoms with E-state index in [1.807, 2.05) is 6.07 Å². The average molecular weight is 313 g/mol. The van der Waals surface area contributed by atoms with Gasteiger partial charge in [-0.05, 0) is 68.6 Å². The zero-order chi connectivity index (χ0) is 15.2. The highest BCUT2D eigenvalue weighted by molar-refractivity contribution is 6.30. The maximum Gasteiger partial charge on any atom is 0.141 e. The quantitative estimate of drug-likeness (QED) is 0.856. The first-order valence-corrected chi connectivity index (χ1v) is 8.29. The molecule has 1 saturated heterocycles. The first-order valence-electron chi connectivity index (χ1n) is 7.91. The number of hydrogen-bond donors (Lipinski definition) is 1. The van der Waals surface area contributed by atoms with E-state index in [9.17, 15) is 4.39 Å². The van der Waals surface area contributed by atoms with Crippen LogP contribution in [0.3, 0.4) is 0 Å². The third kappa shape index (κ3) is 5.57. The highest BCUT2D eigenvalue weighted by Gasteiger charge is 2.19.